The Kier molecular flexibility index (Phi) is 7.80. The van der Waals surface area contributed by atoms with Crippen molar-refractivity contribution in [3.63, 3.8) is 0 Å². The lowest BCUT2D eigenvalue weighted by atomic mass is 9.91. The molecule has 1 amide bonds. The van der Waals surface area contributed by atoms with Crippen molar-refractivity contribution in [2.75, 3.05) is 52.4 Å². The predicted octanol–water partition coefficient (Wildman–Crippen LogP) is 2.60. The number of carbonyl (C=O) groups excluding carboxylic acids is 1. The molecule has 0 spiro atoms. The summed E-state index contributed by atoms with van der Waals surface area (Å²) in [5.74, 6) is 1.24. The van der Waals surface area contributed by atoms with Gasteiger partial charge in [-0.3, -0.25) is 9.69 Å². The molecule has 30 heavy (non-hydrogen) atoms. The molecule has 0 radical (unpaired) electrons. The number of amides is 1. The first-order valence-electron chi connectivity index (χ1n) is 12.2. The van der Waals surface area contributed by atoms with Crippen LogP contribution in [0, 0.1) is 11.8 Å². The van der Waals surface area contributed by atoms with Crippen LogP contribution in [-0.4, -0.2) is 79.0 Å². The van der Waals surface area contributed by atoms with E-state index in [9.17, 15) is 4.79 Å². The highest BCUT2D eigenvalue weighted by Crippen LogP contribution is 2.27. The van der Waals surface area contributed by atoms with Crippen molar-refractivity contribution >= 4 is 5.91 Å². The van der Waals surface area contributed by atoms with Crippen LogP contribution in [0.15, 0.2) is 30.3 Å². The van der Waals surface area contributed by atoms with E-state index >= 15 is 0 Å². The van der Waals surface area contributed by atoms with Crippen molar-refractivity contribution in [3.8, 4) is 0 Å². The third kappa shape index (κ3) is 5.63. The SMILES string of the molecule is NCC1CCN(C(=O)C2CCCN(C3CCN(CCc4ccccc4)CC3)C2)CC1. The number of nitrogens with zero attached hydrogens (tertiary/aromatic N) is 3. The van der Waals surface area contributed by atoms with Gasteiger partial charge in [0.15, 0.2) is 0 Å². The molecule has 0 saturated carbocycles. The number of carbonyl (C=O) groups is 1. The normalized spacial score (nSPS) is 25.5. The number of benzene rings is 1. The van der Waals surface area contributed by atoms with Crippen molar-refractivity contribution in [1.29, 1.82) is 0 Å². The van der Waals surface area contributed by atoms with Crippen LogP contribution in [0.4, 0.5) is 0 Å². The number of hydrogen-bond donors (Lipinski definition) is 1. The van der Waals surface area contributed by atoms with Crippen LogP contribution in [0.1, 0.15) is 44.1 Å². The third-order valence-electron chi connectivity index (χ3n) is 7.69. The van der Waals surface area contributed by atoms with Crippen LogP contribution < -0.4 is 5.73 Å². The van der Waals surface area contributed by atoms with Crippen LogP contribution in [0.2, 0.25) is 0 Å². The summed E-state index contributed by atoms with van der Waals surface area (Å²) >= 11 is 0. The molecule has 166 valence electrons. The highest BCUT2D eigenvalue weighted by Gasteiger charge is 2.34. The molecule has 3 fully saturated rings. The molecule has 5 nitrogen and oxygen atoms in total. The van der Waals surface area contributed by atoms with E-state index in [2.05, 4.69) is 45.0 Å². The van der Waals surface area contributed by atoms with Crippen LogP contribution >= 0.6 is 0 Å². The van der Waals surface area contributed by atoms with Gasteiger partial charge in [0.25, 0.3) is 0 Å². The van der Waals surface area contributed by atoms with Crippen molar-refractivity contribution in [2.45, 2.75) is 51.0 Å². The van der Waals surface area contributed by atoms with E-state index in [0.717, 1.165) is 58.4 Å². The second-order valence-corrected chi connectivity index (χ2v) is 9.65. The fourth-order valence-corrected chi connectivity index (χ4v) is 5.63. The fraction of sp³-hybridized carbons (Fsp3) is 0.720. The van der Waals surface area contributed by atoms with E-state index in [0.29, 0.717) is 17.9 Å². The summed E-state index contributed by atoms with van der Waals surface area (Å²) in [5, 5.41) is 0. The van der Waals surface area contributed by atoms with E-state index in [1.807, 2.05) is 0 Å². The summed E-state index contributed by atoms with van der Waals surface area (Å²) in [4.78, 5) is 20.5. The highest BCUT2D eigenvalue weighted by molar-refractivity contribution is 5.79. The molecule has 2 N–H and O–H groups in total. The summed E-state index contributed by atoms with van der Waals surface area (Å²) in [6, 6.07) is 11.5. The number of rotatable bonds is 6. The van der Waals surface area contributed by atoms with E-state index in [4.69, 9.17) is 5.73 Å². The molecule has 0 bridgehead atoms. The minimum Gasteiger partial charge on any atom is -0.342 e. The minimum absolute atomic E-state index is 0.212. The molecule has 1 unspecified atom stereocenters. The van der Waals surface area contributed by atoms with Crippen molar-refractivity contribution < 1.29 is 4.79 Å². The van der Waals surface area contributed by atoms with Gasteiger partial charge in [-0.05, 0) is 82.6 Å². The Balaban J connectivity index is 1.21. The topological polar surface area (TPSA) is 52.8 Å². The van der Waals surface area contributed by atoms with Gasteiger partial charge in [-0.2, -0.15) is 0 Å². The molecule has 1 aromatic rings. The maximum absolute atomic E-state index is 13.1. The molecule has 3 aliphatic rings. The zero-order valence-corrected chi connectivity index (χ0v) is 18.6. The van der Waals surface area contributed by atoms with Gasteiger partial charge in [-0.25, -0.2) is 0 Å². The average molecular weight is 413 g/mol. The summed E-state index contributed by atoms with van der Waals surface area (Å²) in [6.07, 6.45) is 8.05. The molecule has 3 saturated heterocycles. The van der Waals surface area contributed by atoms with Crippen LogP contribution in [0.25, 0.3) is 0 Å². The Morgan fingerprint density at radius 3 is 2.37 bits per heavy atom. The van der Waals surface area contributed by atoms with Crippen LogP contribution in [0.5, 0.6) is 0 Å². The molecular weight excluding hydrogens is 372 g/mol. The smallest absolute Gasteiger partial charge is 0.226 e. The Morgan fingerprint density at radius 1 is 0.933 bits per heavy atom. The molecule has 3 aliphatic heterocycles. The van der Waals surface area contributed by atoms with E-state index in [-0.39, 0.29) is 5.92 Å². The monoisotopic (exact) mass is 412 g/mol. The van der Waals surface area contributed by atoms with Gasteiger partial charge >= 0.3 is 0 Å². The minimum atomic E-state index is 0.212. The van der Waals surface area contributed by atoms with Gasteiger partial charge in [-0.15, -0.1) is 0 Å². The molecule has 5 heteroatoms. The first-order valence-corrected chi connectivity index (χ1v) is 12.2. The average Bonchev–Trinajstić information content (AvgIpc) is 2.83. The van der Waals surface area contributed by atoms with Gasteiger partial charge in [-0.1, -0.05) is 30.3 Å². The Labute approximate surface area is 182 Å². The lowest BCUT2D eigenvalue weighted by Crippen LogP contribution is -2.52. The Hall–Kier alpha value is -1.43. The van der Waals surface area contributed by atoms with E-state index < -0.39 is 0 Å². The van der Waals surface area contributed by atoms with Crippen LogP contribution in [0.3, 0.4) is 0 Å². The highest BCUT2D eigenvalue weighted by atomic mass is 16.2. The number of hydrogen-bond acceptors (Lipinski definition) is 4. The van der Waals surface area contributed by atoms with Gasteiger partial charge in [0, 0.05) is 32.2 Å². The molecule has 3 heterocycles. The molecule has 1 aromatic carbocycles. The predicted molar refractivity (Wildman–Crippen MR) is 122 cm³/mol. The Morgan fingerprint density at radius 2 is 1.67 bits per heavy atom. The molecule has 1 atom stereocenters. The van der Waals surface area contributed by atoms with Crippen molar-refractivity contribution in [1.82, 2.24) is 14.7 Å². The quantitative estimate of drug-likeness (QED) is 0.780. The molecular formula is C25H40N4O. The van der Waals surface area contributed by atoms with Crippen LogP contribution in [-0.2, 0) is 11.2 Å². The van der Waals surface area contributed by atoms with E-state index in [1.165, 1.54) is 44.5 Å². The fourth-order valence-electron chi connectivity index (χ4n) is 5.63. The number of nitrogens with two attached hydrogens (primary N) is 1. The number of likely N-dealkylation sites (tertiary alicyclic amines) is 3. The van der Waals surface area contributed by atoms with Gasteiger partial charge in [0.05, 0.1) is 5.92 Å². The maximum Gasteiger partial charge on any atom is 0.226 e. The third-order valence-corrected chi connectivity index (χ3v) is 7.69. The molecule has 0 aliphatic carbocycles. The Bertz CT molecular complexity index is 650. The summed E-state index contributed by atoms with van der Waals surface area (Å²) in [5.41, 5.74) is 7.25. The van der Waals surface area contributed by atoms with Gasteiger partial charge < -0.3 is 15.5 Å². The first-order chi connectivity index (χ1) is 14.7. The summed E-state index contributed by atoms with van der Waals surface area (Å²) in [6.45, 7) is 8.30. The lowest BCUT2D eigenvalue weighted by molar-refractivity contribution is -0.139. The molecule has 0 aromatic heterocycles. The zero-order chi connectivity index (χ0) is 20.8. The first kappa shape index (κ1) is 21.8. The summed E-state index contributed by atoms with van der Waals surface area (Å²) in [7, 11) is 0. The second kappa shape index (κ2) is 10.7. The zero-order valence-electron chi connectivity index (χ0n) is 18.6. The van der Waals surface area contributed by atoms with Crippen molar-refractivity contribution in [2.24, 2.45) is 17.6 Å². The second-order valence-electron chi connectivity index (χ2n) is 9.65. The summed E-state index contributed by atoms with van der Waals surface area (Å²) < 4.78 is 0. The van der Waals surface area contributed by atoms with E-state index in [1.54, 1.807) is 0 Å². The van der Waals surface area contributed by atoms with Crippen molar-refractivity contribution in [3.05, 3.63) is 35.9 Å². The maximum atomic E-state index is 13.1. The van der Waals surface area contributed by atoms with Gasteiger partial charge in [0.2, 0.25) is 5.91 Å². The largest absolute Gasteiger partial charge is 0.342 e. The molecule has 4 rings (SSSR count). The van der Waals surface area contributed by atoms with Gasteiger partial charge in [0.1, 0.15) is 0 Å². The lowest BCUT2D eigenvalue weighted by Gasteiger charge is -2.43. The standard InChI is InChI=1S/C25H40N4O/c26-19-22-9-17-28(18-10-22)25(30)23-7-4-13-29(20-23)24-11-15-27(16-12-24)14-8-21-5-2-1-3-6-21/h1-3,5-6,22-24H,4,7-20,26H2. The number of piperidine rings is 3.